The number of benzene rings is 2. The van der Waals surface area contributed by atoms with Crippen LogP contribution in [0.15, 0.2) is 86.1 Å². The Morgan fingerprint density at radius 3 is 2.58 bits per heavy atom. The van der Waals surface area contributed by atoms with Crippen LogP contribution >= 0.6 is 0 Å². The van der Waals surface area contributed by atoms with Gasteiger partial charge in [-0.2, -0.15) is 5.26 Å². The molecule has 9 heteroatoms. The SMILES string of the molecule is Cc1cc(=O)oc2cc(OCC(=O)Oc3ccc(/C=C(\C#N)C(=O)NCc4ccco4)cc3)ccc12. The van der Waals surface area contributed by atoms with E-state index in [0.29, 0.717) is 22.7 Å². The highest BCUT2D eigenvalue weighted by Crippen LogP contribution is 2.22. The largest absolute Gasteiger partial charge is 0.482 e. The van der Waals surface area contributed by atoms with Crippen molar-refractivity contribution >= 4 is 28.9 Å². The summed E-state index contributed by atoms with van der Waals surface area (Å²) in [6, 6.07) is 17.9. The molecule has 0 aliphatic rings. The number of esters is 1. The Hall–Kier alpha value is -5.10. The third-order valence-electron chi connectivity index (χ3n) is 5.07. The first-order valence-corrected chi connectivity index (χ1v) is 10.8. The van der Waals surface area contributed by atoms with Crippen molar-refractivity contribution in [3.05, 3.63) is 99.8 Å². The van der Waals surface area contributed by atoms with Crippen LogP contribution in [0.4, 0.5) is 0 Å². The molecule has 1 N–H and O–H groups in total. The molecule has 4 aromatic rings. The minimum absolute atomic E-state index is 0.0823. The van der Waals surface area contributed by atoms with Crippen LogP contribution in [0.5, 0.6) is 11.5 Å². The Bertz CT molecular complexity index is 1530. The highest BCUT2D eigenvalue weighted by molar-refractivity contribution is 6.01. The van der Waals surface area contributed by atoms with E-state index in [0.717, 1.165) is 10.9 Å². The van der Waals surface area contributed by atoms with Crippen molar-refractivity contribution in [3.63, 3.8) is 0 Å². The number of nitriles is 1. The lowest BCUT2D eigenvalue weighted by molar-refractivity contribution is -0.136. The van der Waals surface area contributed by atoms with E-state index < -0.39 is 17.5 Å². The van der Waals surface area contributed by atoms with E-state index in [1.807, 2.05) is 6.07 Å². The minimum Gasteiger partial charge on any atom is -0.482 e. The number of amides is 1. The number of carbonyl (C=O) groups is 2. The molecule has 0 saturated heterocycles. The molecule has 0 bridgehead atoms. The molecule has 36 heavy (non-hydrogen) atoms. The molecule has 0 fully saturated rings. The van der Waals surface area contributed by atoms with Crippen LogP contribution in [-0.4, -0.2) is 18.5 Å². The van der Waals surface area contributed by atoms with Gasteiger partial charge in [0.2, 0.25) is 0 Å². The molecule has 0 spiro atoms. The number of hydrogen-bond acceptors (Lipinski definition) is 8. The van der Waals surface area contributed by atoms with E-state index in [-0.39, 0.29) is 24.5 Å². The van der Waals surface area contributed by atoms with Gasteiger partial charge in [0.25, 0.3) is 5.91 Å². The number of rotatable bonds is 8. The summed E-state index contributed by atoms with van der Waals surface area (Å²) in [5, 5.41) is 12.7. The van der Waals surface area contributed by atoms with E-state index in [1.165, 1.54) is 36.6 Å². The van der Waals surface area contributed by atoms with Crippen LogP contribution in [-0.2, 0) is 16.1 Å². The molecule has 0 aliphatic carbocycles. The van der Waals surface area contributed by atoms with Gasteiger partial charge in [-0.15, -0.1) is 0 Å². The van der Waals surface area contributed by atoms with Gasteiger partial charge in [0, 0.05) is 17.5 Å². The summed E-state index contributed by atoms with van der Waals surface area (Å²) in [6.45, 7) is 1.60. The zero-order valence-electron chi connectivity index (χ0n) is 19.1. The van der Waals surface area contributed by atoms with Crippen LogP contribution in [0.1, 0.15) is 16.9 Å². The summed E-state index contributed by atoms with van der Waals surface area (Å²) < 4.78 is 21.0. The maximum atomic E-state index is 12.2. The summed E-state index contributed by atoms with van der Waals surface area (Å²) in [6.07, 6.45) is 2.92. The van der Waals surface area contributed by atoms with Crippen molar-refractivity contribution in [3.8, 4) is 17.6 Å². The standard InChI is InChI=1S/C27H20N2O7/c1-17-11-25(30)36-24-13-21(8-9-23(17)24)34-16-26(31)35-20-6-4-18(5-7-20)12-19(14-28)27(32)29-15-22-3-2-10-33-22/h2-13H,15-16H2,1H3,(H,29,32)/b19-12+. The summed E-state index contributed by atoms with van der Waals surface area (Å²) in [5.41, 5.74) is 1.17. The Balaban J connectivity index is 1.32. The molecule has 9 nitrogen and oxygen atoms in total. The van der Waals surface area contributed by atoms with E-state index in [9.17, 15) is 19.6 Å². The van der Waals surface area contributed by atoms with Crippen molar-refractivity contribution in [2.24, 2.45) is 0 Å². The second-order valence-corrected chi connectivity index (χ2v) is 7.67. The number of furan rings is 1. The van der Waals surface area contributed by atoms with Gasteiger partial charge in [-0.1, -0.05) is 12.1 Å². The molecule has 0 radical (unpaired) electrons. The monoisotopic (exact) mass is 484 g/mol. The summed E-state index contributed by atoms with van der Waals surface area (Å²) in [4.78, 5) is 36.0. The average Bonchev–Trinajstić information content (AvgIpc) is 3.39. The fourth-order valence-electron chi connectivity index (χ4n) is 3.32. The van der Waals surface area contributed by atoms with Crippen LogP contribution in [0.25, 0.3) is 17.0 Å². The minimum atomic E-state index is -0.640. The normalized spacial score (nSPS) is 11.1. The zero-order valence-corrected chi connectivity index (χ0v) is 19.1. The molecule has 2 aromatic carbocycles. The van der Waals surface area contributed by atoms with Crippen LogP contribution < -0.4 is 20.4 Å². The first-order chi connectivity index (χ1) is 17.4. The van der Waals surface area contributed by atoms with E-state index in [1.54, 1.807) is 43.3 Å². The molecule has 0 saturated carbocycles. The first-order valence-electron chi connectivity index (χ1n) is 10.8. The maximum Gasteiger partial charge on any atom is 0.349 e. The molecular weight excluding hydrogens is 464 g/mol. The van der Waals surface area contributed by atoms with Gasteiger partial charge in [-0.05, 0) is 60.5 Å². The fourth-order valence-corrected chi connectivity index (χ4v) is 3.32. The average molecular weight is 484 g/mol. The van der Waals surface area contributed by atoms with Crippen molar-refractivity contribution in [2.75, 3.05) is 6.61 Å². The molecule has 2 aromatic heterocycles. The van der Waals surface area contributed by atoms with Crippen LogP contribution in [0.3, 0.4) is 0 Å². The molecule has 0 atom stereocenters. The Morgan fingerprint density at radius 1 is 1.08 bits per heavy atom. The van der Waals surface area contributed by atoms with Crippen molar-refractivity contribution in [1.29, 1.82) is 5.26 Å². The van der Waals surface area contributed by atoms with Gasteiger partial charge in [-0.3, -0.25) is 4.79 Å². The van der Waals surface area contributed by atoms with Crippen molar-refractivity contribution in [1.82, 2.24) is 5.32 Å². The fraction of sp³-hybridized carbons (Fsp3) is 0.111. The Kier molecular flexibility index (Phi) is 7.27. The summed E-state index contributed by atoms with van der Waals surface area (Å²) in [7, 11) is 0. The van der Waals surface area contributed by atoms with Crippen LogP contribution in [0.2, 0.25) is 0 Å². The summed E-state index contributed by atoms with van der Waals surface area (Å²) in [5.74, 6) is 0.00610. The lowest BCUT2D eigenvalue weighted by atomic mass is 10.1. The molecule has 4 rings (SSSR count). The molecule has 180 valence electrons. The first kappa shape index (κ1) is 24.0. The third-order valence-corrected chi connectivity index (χ3v) is 5.07. The second-order valence-electron chi connectivity index (χ2n) is 7.67. The number of nitrogens with zero attached hydrogens (tertiary/aromatic N) is 1. The predicted molar refractivity (Wildman–Crippen MR) is 129 cm³/mol. The van der Waals surface area contributed by atoms with E-state index >= 15 is 0 Å². The number of ether oxygens (including phenoxy) is 2. The highest BCUT2D eigenvalue weighted by atomic mass is 16.6. The topological polar surface area (TPSA) is 132 Å². The van der Waals surface area contributed by atoms with Gasteiger partial charge < -0.3 is 23.6 Å². The summed E-state index contributed by atoms with van der Waals surface area (Å²) >= 11 is 0. The predicted octanol–water partition coefficient (Wildman–Crippen LogP) is 3.90. The lowest BCUT2D eigenvalue weighted by Gasteiger charge is -2.08. The Morgan fingerprint density at radius 2 is 1.86 bits per heavy atom. The number of nitrogens with one attached hydrogen (secondary N) is 1. The third kappa shape index (κ3) is 6.07. The van der Waals surface area contributed by atoms with Crippen LogP contribution in [0, 0.1) is 18.3 Å². The molecule has 0 aliphatic heterocycles. The van der Waals surface area contributed by atoms with Gasteiger partial charge in [0.05, 0.1) is 12.8 Å². The number of fused-ring (bicyclic) bond motifs is 1. The van der Waals surface area contributed by atoms with Crippen molar-refractivity contribution < 1.29 is 27.9 Å². The maximum absolute atomic E-state index is 12.2. The van der Waals surface area contributed by atoms with Gasteiger partial charge >= 0.3 is 11.6 Å². The van der Waals surface area contributed by atoms with Gasteiger partial charge in [0.15, 0.2) is 6.61 Å². The van der Waals surface area contributed by atoms with E-state index in [4.69, 9.17) is 18.3 Å². The van der Waals surface area contributed by atoms with Gasteiger partial charge in [0.1, 0.15) is 34.5 Å². The van der Waals surface area contributed by atoms with Gasteiger partial charge in [-0.25, -0.2) is 9.59 Å². The Labute approximate surface area is 205 Å². The number of aryl methyl sites for hydroxylation is 1. The van der Waals surface area contributed by atoms with E-state index in [2.05, 4.69) is 5.32 Å². The molecular formula is C27H20N2O7. The second kappa shape index (κ2) is 10.9. The number of carbonyl (C=O) groups excluding carboxylic acids is 2. The highest BCUT2D eigenvalue weighted by Gasteiger charge is 2.11. The number of hydrogen-bond donors (Lipinski definition) is 1. The molecule has 0 unspecified atom stereocenters. The molecule has 1 amide bonds. The quantitative estimate of drug-likeness (QED) is 0.131. The smallest absolute Gasteiger partial charge is 0.349 e. The van der Waals surface area contributed by atoms with Crippen molar-refractivity contribution in [2.45, 2.75) is 13.5 Å². The molecule has 2 heterocycles. The zero-order chi connectivity index (χ0) is 25.5. The lowest BCUT2D eigenvalue weighted by Crippen LogP contribution is -2.23.